The van der Waals surface area contributed by atoms with Crippen molar-refractivity contribution in [1.29, 1.82) is 0 Å². The molecule has 0 amide bonds. The van der Waals surface area contributed by atoms with Crippen molar-refractivity contribution in [2.45, 2.75) is 4.90 Å². The summed E-state index contributed by atoms with van der Waals surface area (Å²) in [6.45, 7) is 0. The van der Waals surface area contributed by atoms with E-state index in [0.717, 1.165) is 0 Å². The first-order valence-corrected chi connectivity index (χ1v) is 4.78. The minimum Gasteiger partial charge on any atom is -0.298 e. The Bertz CT molecular complexity index is 314. The van der Waals surface area contributed by atoms with Crippen LogP contribution in [0.1, 0.15) is 10.4 Å². The first-order valence-electron chi connectivity index (χ1n) is 3.18. The molecular formula is C8H6ClFOS. The van der Waals surface area contributed by atoms with E-state index in [2.05, 4.69) is 0 Å². The Labute approximate surface area is 78.9 Å². The molecule has 0 aromatic heterocycles. The third-order valence-electron chi connectivity index (χ3n) is 1.42. The van der Waals surface area contributed by atoms with E-state index in [-0.39, 0.29) is 10.6 Å². The average molecular weight is 205 g/mol. The lowest BCUT2D eigenvalue weighted by molar-refractivity contribution is 0.112. The van der Waals surface area contributed by atoms with Gasteiger partial charge in [-0.25, -0.2) is 4.39 Å². The molecule has 1 aromatic rings. The summed E-state index contributed by atoms with van der Waals surface area (Å²) < 4.78 is 13.0. The van der Waals surface area contributed by atoms with Crippen LogP contribution in [0.5, 0.6) is 0 Å². The molecule has 1 rings (SSSR count). The van der Waals surface area contributed by atoms with E-state index in [1.165, 1.54) is 23.9 Å². The number of rotatable bonds is 2. The Morgan fingerprint density at radius 1 is 1.58 bits per heavy atom. The number of thioether (sulfide) groups is 1. The number of hydrogen-bond acceptors (Lipinski definition) is 2. The average Bonchev–Trinajstić information content (AvgIpc) is 2.08. The quantitative estimate of drug-likeness (QED) is 0.544. The van der Waals surface area contributed by atoms with Crippen LogP contribution in [0.25, 0.3) is 0 Å². The van der Waals surface area contributed by atoms with Crippen molar-refractivity contribution in [3.8, 4) is 0 Å². The van der Waals surface area contributed by atoms with Gasteiger partial charge in [0, 0.05) is 5.56 Å². The zero-order chi connectivity index (χ0) is 9.14. The van der Waals surface area contributed by atoms with Crippen LogP contribution in [0.15, 0.2) is 17.0 Å². The standard InChI is InChI=1S/C8H6ClFOS/c1-12-8-5(4-11)6(9)2-3-7(8)10/h2-4H,1H3. The maximum absolute atomic E-state index is 13.0. The minimum atomic E-state index is -0.408. The molecule has 0 spiro atoms. The van der Waals surface area contributed by atoms with Gasteiger partial charge < -0.3 is 0 Å². The molecule has 0 aliphatic carbocycles. The Morgan fingerprint density at radius 3 is 2.67 bits per heavy atom. The highest BCUT2D eigenvalue weighted by Gasteiger charge is 2.10. The third-order valence-corrected chi connectivity index (χ3v) is 2.57. The minimum absolute atomic E-state index is 0.226. The summed E-state index contributed by atoms with van der Waals surface area (Å²) in [5.41, 5.74) is 0.226. The molecule has 0 saturated carbocycles. The Morgan fingerprint density at radius 2 is 2.25 bits per heavy atom. The lowest BCUT2D eigenvalue weighted by atomic mass is 10.2. The van der Waals surface area contributed by atoms with Gasteiger partial charge in [0.25, 0.3) is 0 Å². The van der Waals surface area contributed by atoms with E-state index in [0.29, 0.717) is 11.2 Å². The predicted octanol–water partition coefficient (Wildman–Crippen LogP) is 3.01. The molecule has 0 heterocycles. The number of benzene rings is 1. The lowest BCUT2D eigenvalue weighted by Crippen LogP contribution is -1.90. The number of carbonyl (C=O) groups excluding carboxylic acids is 1. The molecule has 1 nitrogen and oxygen atoms in total. The number of carbonyl (C=O) groups is 1. The van der Waals surface area contributed by atoms with Gasteiger partial charge in [0.15, 0.2) is 6.29 Å². The summed E-state index contributed by atoms with van der Waals surface area (Å²) in [7, 11) is 0. The van der Waals surface area contributed by atoms with Crippen LogP contribution in [-0.2, 0) is 0 Å². The maximum Gasteiger partial charge on any atom is 0.152 e. The van der Waals surface area contributed by atoms with Crippen molar-refractivity contribution in [3.05, 3.63) is 28.5 Å². The molecule has 1 aromatic carbocycles. The van der Waals surface area contributed by atoms with Crippen LogP contribution in [-0.4, -0.2) is 12.5 Å². The second-order valence-electron chi connectivity index (χ2n) is 2.09. The fraction of sp³-hybridized carbons (Fsp3) is 0.125. The molecule has 0 radical (unpaired) electrons. The summed E-state index contributed by atoms with van der Waals surface area (Å²) >= 11 is 6.84. The summed E-state index contributed by atoms with van der Waals surface area (Å²) in [5, 5.41) is 0.288. The van der Waals surface area contributed by atoms with Gasteiger partial charge in [-0.15, -0.1) is 11.8 Å². The van der Waals surface area contributed by atoms with Gasteiger partial charge in [-0.2, -0.15) is 0 Å². The predicted molar refractivity (Wildman–Crippen MR) is 48.6 cm³/mol. The van der Waals surface area contributed by atoms with Crippen LogP contribution in [0.2, 0.25) is 5.02 Å². The molecule has 0 atom stereocenters. The highest BCUT2D eigenvalue weighted by atomic mass is 35.5. The monoisotopic (exact) mass is 204 g/mol. The van der Waals surface area contributed by atoms with E-state index in [9.17, 15) is 9.18 Å². The van der Waals surface area contributed by atoms with Gasteiger partial charge in [-0.1, -0.05) is 11.6 Å². The van der Waals surface area contributed by atoms with Gasteiger partial charge >= 0.3 is 0 Å². The molecule has 4 heteroatoms. The largest absolute Gasteiger partial charge is 0.298 e. The number of aldehydes is 1. The van der Waals surface area contributed by atoms with Crippen molar-refractivity contribution in [2.24, 2.45) is 0 Å². The molecule has 64 valence electrons. The van der Waals surface area contributed by atoms with Gasteiger partial charge in [-0.3, -0.25) is 4.79 Å². The van der Waals surface area contributed by atoms with E-state index in [1.807, 2.05) is 0 Å². The van der Waals surface area contributed by atoms with Crippen LogP contribution >= 0.6 is 23.4 Å². The van der Waals surface area contributed by atoms with Gasteiger partial charge in [0.2, 0.25) is 0 Å². The molecule has 0 N–H and O–H groups in total. The molecule has 0 bridgehead atoms. The Hall–Kier alpha value is -0.540. The maximum atomic E-state index is 13.0. The highest BCUT2D eigenvalue weighted by molar-refractivity contribution is 7.98. The molecule has 12 heavy (non-hydrogen) atoms. The zero-order valence-corrected chi connectivity index (χ0v) is 7.88. The molecule has 0 saturated heterocycles. The number of hydrogen-bond donors (Lipinski definition) is 0. The number of halogens is 2. The molecule has 0 aliphatic rings. The first kappa shape index (κ1) is 9.55. The summed E-state index contributed by atoms with van der Waals surface area (Å²) in [5.74, 6) is -0.408. The van der Waals surface area contributed by atoms with Gasteiger partial charge in [0.05, 0.1) is 9.92 Å². The summed E-state index contributed by atoms with van der Waals surface area (Å²) in [4.78, 5) is 10.8. The normalized spacial score (nSPS) is 9.92. The fourth-order valence-electron chi connectivity index (χ4n) is 0.866. The molecule has 0 fully saturated rings. The highest BCUT2D eigenvalue weighted by Crippen LogP contribution is 2.28. The lowest BCUT2D eigenvalue weighted by Gasteiger charge is -2.03. The summed E-state index contributed by atoms with van der Waals surface area (Å²) in [6.07, 6.45) is 2.26. The second-order valence-corrected chi connectivity index (χ2v) is 3.32. The van der Waals surface area contributed by atoms with E-state index >= 15 is 0 Å². The Kier molecular flexibility index (Phi) is 3.12. The Balaban J connectivity index is 3.38. The fourth-order valence-corrected chi connectivity index (χ4v) is 1.77. The zero-order valence-electron chi connectivity index (χ0n) is 6.30. The third kappa shape index (κ3) is 1.62. The smallest absolute Gasteiger partial charge is 0.152 e. The summed E-state index contributed by atoms with van der Waals surface area (Å²) in [6, 6.07) is 2.63. The van der Waals surface area contributed by atoms with E-state index in [1.54, 1.807) is 6.26 Å². The second kappa shape index (κ2) is 3.92. The van der Waals surface area contributed by atoms with Crippen molar-refractivity contribution >= 4 is 29.6 Å². The molecule has 0 unspecified atom stereocenters. The SMILES string of the molecule is CSc1c(F)ccc(Cl)c1C=O. The van der Waals surface area contributed by atoms with Crippen LogP contribution < -0.4 is 0 Å². The topological polar surface area (TPSA) is 17.1 Å². The van der Waals surface area contributed by atoms with Crippen LogP contribution in [0.4, 0.5) is 4.39 Å². The van der Waals surface area contributed by atoms with Gasteiger partial charge in [-0.05, 0) is 18.4 Å². The van der Waals surface area contributed by atoms with E-state index in [4.69, 9.17) is 11.6 Å². The van der Waals surface area contributed by atoms with Gasteiger partial charge in [0.1, 0.15) is 5.82 Å². The first-order chi connectivity index (χ1) is 5.70. The molecular weight excluding hydrogens is 199 g/mol. The van der Waals surface area contributed by atoms with Crippen molar-refractivity contribution in [3.63, 3.8) is 0 Å². The van der Waals surface area contributed by atoms with Crippen LogP contribution in [0, 0.1) is 5.82 Å². The van der Waals surface area contributed by atoms with Crippen LogP contribution in [0.3, 0.4) is 0 Å². The van der Waals surface area contributed by atoms with Crippen molar-refractivity contribution in [2.75, 3.05) is 6.26 Å². The molecule has 0 aliphatic heterocycles. The van der Waals surface area contributed by atoms with Crippen molar-refractivity contribution in [1.82, 2.24) is 0 Å². The van der Waals surface area contributed by atoms with Crippen molar-refractivity contribution < 1.29 is 9.18 Å². The van der Waals surface area contributed by atoms with E-state index < -0.39 is 5.82 Å².